The molecule has 2 heterocycles. The molecule has 1 aliphatic rings. The van der Waals surface area contributed by atoms with Gasteiger partial charge in [-0.25, -0.2) is 8.42 Å². The number of nitrogens with one attached hydrogen (secondary N) is 1. The zero-order valence-corrected chi connectivity index (χ0v) is 16.9. The molecule has 1 N–H and O–H groups in total. The van der Waals surface area contributed by atoms with E-state index in [0.717, 1.165) is 24.3 Å². The van der Waals surface area contributed by atoms with Crippen molar-refractivity contribution < 1.29 is 13.2 Å². The summed E-state index contributed by atoms with van der Waals surface area (Å²) < 4.78 is 28.6. The van der Waals surface area contributed by atoms with Gasteiger partial charge in [0.05, 0.1) is 5.56 Å². The minimum absolute atomic E-state index is 0.107. The topological polar surface area (TPSA) is 84.3 Å². The summed E-state index contributed by atoms with van der Waals surface area (Å²) in [5.41, 5.74) is 1.31. The van der Waals surface area contributed by atoms with Crippen LogP contribution in [0.15, 0.2) is 41.6 Å². The van der Waals surface area contributed by atoms with Crippen molar-refractivity contribution in [2.45, 2.75) is 17.9 Å². The van der Waals surface area contributed by atoms with Crippen molar-refractivity contribution in [2.75, 3.05) is 31.1 Å². The van der Waals surface area contributed by atoms with E-state index in [4.69, 9.17) is 0 Å². The molecule has 0 unspecified atom stereocenters. The predicted octanol–water partition coefficient (Wildman–Crippen LogP) is 1.52. The van der Waals surface area contributed by atoms with E-state index in [9.17, 15) is 13.2 Å². The second-order valence-corrected chi connectivity index (χ2v) is 9.46. The Bertz CT molecular complexity index is 875. The van der Waals surface area contributed by atoms with Gasteiger partial charge in [-0.1, -0.05) is 30.3 Å². The van der Waals surface area contributed by atoms with Gasteiger partial charge in [0.25, 0.3) is 15.9 Å². The van der Waals surface area contributed by atoms with Crippen LogP contribution in [-0.2, 0) is 23.5 Å². The van der Waals surface area contributed by atoms with Crippen molar-refractivity contribution in [3.05, 3.63) is 47.7 Å². The fraction of sp³-hybridized carbons (Fsp3) is 0.444. The lowest BCUT2D eigenvalue weighted by Gasteiger charge is -2.24. The van der Waals surface area contributed by atoms with Gasteiger partial charge in [-0.3, -0.25) is 9.48 Å². The third kappa shape index (κ3) is 4.91. The predicted molar refractivity (Wildman–Crippen MR) is 106 cm³/mol. The normalized spacial score (nSPS) is 15.6. The highest BCUT2D eigenvalue weighted by atomic mass is 32.2. The fourth-order valence-electron chi connectivity index (χ4n) is 2.96. The molecule has 0 radical (unpaired) electrons. The van der Waals surface area contributed by atoms with Gasteiger partial charge in [-0.05, 0) is 18.4 Å². The Balaban J connectivity index is 1.65. The Hall–Kier alpha value is -1.84. The second-order valence-electron chi connectivity index (χ2n) is 6.38. The Labute approximate surface area is 164 Å². The van der Waals surface area contributed by atoms with Crippen molar-refractivity contribution in [3.63, 3.8) is 0 Å². The van der Waals surface area contributed by atoms with Crippen molar-refractivity contribution in [2.24, 2.45) is 7.05 Å². The molecule has 1 aliphatic heterocycles. The maximum Gasteiger partial charge on any atom is 0.263 e. The average Bonchev–Trinajstić information content (AvgIpc) is 3.09. The Kier molecular flexibility index (Phi) is 6.56. The molecule has 1 aromatic carbocycles. The number of thioether (sulfide) groups is 1. The van der Waals surface area contributed by atoms with Gasteiger partial charge in [-0.15, -0.1) is 0 Å². The molecule has 0 atom stereocenters. The van der Waals surface area contributed by atoms with Crippen LogP contribution in [0.3, 0.4) is 0 Å². The van der Waals surface area contributed by atoms with Gasteiger partial charge in [-0.2, -0.15) is 21.2 Å². The van der Waals surface area contributed by atoms with Gasteiger partial charge in [0.1, 0.15) is 0 Å². The molecule has 0 bridgehead atoms. The highest BCUT2D eigenvalue weighted by molar-refractivity contribution is 7.99. The molecule has 1 fully saturated rings. The molecule has 1 amide bonds. The van der Waals surface area contributed by atoms with Gasteiger partial charge < -0.3 is 5.32 Å². The lowest BCUT2D eigenvalue weighted by molar-refractivity contribution is 0.0949. The van der Waals surface area contributed by atoms with Crippen molar-refractivity contribution >= 4 is 27.7 Å². The van der Waals surface area contributed by atoms with Gasteiger partial charge in [0.2, 0.25) is 5.03 Å². The minimum atomic E-state index is -3.76. The molecule has 146 valence electrons. The lowest BCUT2D eigenvalue weighted by Crippen LogP contribution is -2.39. The van der Waals surface area contributed by atoms with Crippen LogP contribution in [0, 0.1) is 0 Å². The highest BCUT2D eigenvalue weighted by Crippen LogP contribution is 2.22. The van der Waals surface area contributed by atoms with Crippen molar-refractivity contribution in [3.8, 4) is 0 Å². The Morgan fingerprint density at radius 2 is 1.93 bits per heavy atom. The zero-order chi connectivity index (χ0) is 19.3. The number of carbonyl (C=O) groups is 1. The number of aromatic nitrogens is 2. The van der Waals surface area contributed by atoms with Crippen LogP contribution in [-0.4, -0.2) is 59.6 Å². The smallest absolute Gasteiger partial charge is 0.263 e. The van der Waals surface area contributed by atoms with Crippen LogP contribution >= 0.6 is 11.8 Å². The molecular formula is C18H24N4O3S2. The number of aryl methyl sites for hydroxylation is 2. The van der Waals surface area contributed by atoms with Crippen LogP contribution in [0.2, 0.25) is 0 Å². The van der Waals surface area contributed by atoms with Gasteiger partial charge >= 0.3 is 0 Å². The molecule has 0 aliphatic carbocycles. The minimum Gasteiger partial charge on any atom is -0.352 e. The third-order valence-electron chi connectivity index (χ3n) is 4.36. The first kappa shape index (κ1) is 19.9. The zero-order valence-electron chi connectivity index (χ0n) is 15.3. The molecule has 0 saturated carbocycles. The SMILES string of the molecule is Cn1cc(C(=O)NCCCc2ccccc2)c(S(=O)(=O)N2CCSCC2)n1. The number of benzene rings is 1. The largest absolute Gasteiger partial charge is 0.352 e. The standard InChI is InChI=1S/C18H24N4O3S2/c1-21-14-16(17(23)19-9-5-8-15-6-3-2-4-7-15)18(20-21)27(24,25)22-10-12-26-13-11-22/h2-4,6-7,14H,5,8-13H2,1H3,(H,19,23). The lowest BCUT2D eigenvalue weighted by atomic mass is 10.1. The highest BCUT2D eigenvalue weighted by Gasteiger charge is 2.33. The molecule has 9 heteroatoms. The Morgan fingerprint density at radius 1 is 1.22 bits per heavy atom. The van der Waals surface area contributed by atoms with E-state index in [-0.39, 0.29) is 10.6 Å². The molecule has 7 nitrogen and oxygen atoms in total. The fourth-order valence-corrected chi connectivity index (χ4v) is 5.66. The van der Waals surface area contributed by atoms with Crippen LogP contribution in [0.5, 0.6) is 0 Å². The number of sulfonamides is 1. The van der Waals surface area contributed by atoms with E-state index in [1.165, 1.54) is 20.7 Å². The number of hydrogen-bond acceptors (Lipinski definition) is 5. The molecule has 1 saturated heterocycles. The van der Waals surface area contributed by atoms with E-state index in [1.54, 1.807) is 18.8 Å². The molecule has 3 rings (SSSR count). The van der Waals surface area contributed by atoms with E-state index in [1.807, 2.05) is 30.3 Å². The van der Waals surface area contributed by atoms with Crippen LogP contribution in [0.1, 0.15) is 22.3 Å². The quantitative estimate of drug-likeness (QED) is 0.702. The third-order valence-corrected chi connectivity index (χ3v) is 7.14. The summed E-state index contributed by atoms with van der Waals surface area (Å²) in [5.74, 6) is 1.11. The molecule has 0 spiro atoms. The first-order chi connectivity index (χ1) is 13.0. The summed E-state index contributed by atoms with van der Waals surface area (Å²) in [4.78, 5) is 12.6. The van der Waals surface area contributed by atoms with Crippen LogP contribution in [0.4, 0.5) is 0 Å². The number of hydrogen-bond donors (Lipinski definition) is 1. The van der Waals surface area contributed by atoms with E-state index in [0.29, 0.717) is 19.6 Å². The molecule has 2 aromatic rings. The monoisotopic (exact) mass is 408 g/mol. The molecule has 1 aromatic heterocycles. The first-order valence-electron chi connectivity index (χ1n) is 8.92. The van der Waals surface area contributed by atoms with Crippen molar-refractivity contribution in [1.82, 2.24) is 19.4 Å². The maximum atomic E-state index is 12.9. The first-order valence-corrected chi connectivity index (χ1v) is 11.5. The number of nitrogens with zero attached hydrogens (tertiary/aromatic N) is 3. The number of rotatable bonds is 7. The van der Waals surface area contributed by atoms with Gasteiger partial charge in [0.15, 0.2) is 0 Å². The Morgan fingerprint density at radius 3 is 2.63 bits per heavy atom. The molecule has 27 heavy (non-hydrogen) atoms. The number of amides is 1. The summed E-state index contributed by atoms with van der Waals surface area (Å²) in [5, 5.41) is 6.74. The van der Waals surface area contributed by atoms with E-state index in [2.05, 4.69) is 10.4 Å². The summed E-state index contributed by atoms with van der Waals surface area (Å²) in [6.45, 7) is 1.37. The van der Waals surface area contributed by atoms with Crippen LogP contribution in [0.25, 0.3) is 0 Å². The van der Waals surface area contributed by atoms with Crippen molar-refractivity contribution in [1.29, 1.82) is 0 Å². The summed E-state index contributed by atoms with van der Waals surface area (Å²) >= 11 is 1.73. The summed E-state index contributed by atoms with van der Waals surface area (Å²) in [6.07, 6.45) is 3.10. The van der Waals surface area contributed by atoms with E-state index < -0.39 is 15.9 Å². The second kappa shape index (κ2) is 8.90. The van der Waals surface area contributed by atoms with E-state index >= 15 is 0 Å². The number of carbonyl (C=O) groups excluding carboxylic acids is 1. The maximum absolute atomic E-state index is 12.9. The summed E-state index contributed by atoms with van der Waals surface area (Å²) in [7, 11) is -2.14. The molecular weight excluding hydrogens is 384 g/mol. The van der Waals surface area contributed by atoms with Gasteiger partial charge in [0, 0.05) is 44.4 Å². The summed E-state index contributed by atoms with van der Waals surface area (Å²) in [6, 6.07) is 10.0. The van der Waals surface area contributed by atoms with Crippen LogP contribution < -0.4 is 5.32 Å². The average molecular weight is 409 g/mol.